The van der Waals surface area contributed by atoms with E-state index in [1.807, 2.05) is 6.07 Å². The van der Waals surface area contributed by atoms with Gasteiger partial charge in [-0.1, -0.05) is 6.07 Å². The second-order valence-corrected chi connectivity index (χ2v) is 4.84. The topological polar surface area (TPSA) is 58.6 Å². The fraction of sp³-hybridized carbons (Fsp3) is 0.417. The maximum Gasteiger partial charge on any atom is 0.338 e. The molecule has 1 aliphatic heterocycles. The number of halogens is 1. The third-order valence-electron chi connectivity index (χ3n) is 2.77. The van der Waals surface area contributed by atoms with Crippen molar-refractivity contribution >= 4 is 27.6 Å². The van der Waals surface area contributed by atoms with Gasteiger partial charge in [-0.3, -0.25) is 0 Å². The van der Waals surface area contributed by atoms with Crippen LogP contribution < -0.4 is 5.32 Å². The van der Waals surface area contributed by atoms with Crippen LogP contribution in [0.25, 0.3) is 0 Å². The summed E-state index contributed by atoms with van der Waals surface area (Å²) in [5.74, 6) is -0.938. The lowest BCUT2D eigenvalue weighted by Crippen LogP contribution is -2.19. The number of aromatic carboxylic acids is 1. The van der Waals surface area contributed by atoms with E-state index < -0.39 is 5.97 Å². The molecule has 0 aliphatic carbocycles. The number of ether oxygens (including phenoxy) is 1. The first kappa shape index (κ1) is 12.4. The van der Waals surface area contributed by atoms with Crippen LogP contribution in [0.2, 0.25) is 0 Å². The van der Waals surface area contributed by atoms with Crippen LogP contribution in [0.3, 0.4) is 0 Å². The van der Waals surface area contributed by atoms with Gasteiger partial charge in [-0.25, -0.2) is 4.79 Å². The highest BCUT2D eigenvalue weighted by atomic mass is 79.9. The summed E-state index contributed by atoms with van der Waals surface area (Å²) in [6.07, 6.45) is 2.30. The number of carboxylic acid groups (broad SMARTS) is 1. The molecule has 2 rings (SSSR count). The maximum atomic E-state index is 11.1. The van der Waals surface area contributed by atoms with E-state index in [-0.39, 0.29) is 11.7 Å². The average Bonchev–Trinajstić information content (AvgIpc) is 2.78. The molecule has 2 N–H and O–H groups in total. The maximum absolute atomic E-state index is 11.1. The van der Waals surface area contributed by atoms with E-state index in [4.69, 9.17) is 9.84 Å². The van der Waals surface area contributed by atoms with Crippen LogP contribution in [0, 0.1) is 0 Å². The third-order valence-corrected chi connectivity index (χ3v) is 3.43. The number of hydrogen-bond donors (Lipinski definition) is 2. The standard InChI is InChI=1S/C12H14BrNO3/c13-9-4-1-5-10(11(9)12(15)16)14-7-8-3-2-6-17-8/h1,4-5,8,14H,2-3,6-7H2,(H,15,16). The molecule has 0 amide bonds. The number of hydrogen-bond acceptors (Lipinski definition) is 3. The second kappa shape index (κ2) is 5.51. The summed E-state index contributed by atoms with van der Waals surface area (Å²) in [5, 5.41) is 12.3. The first-order valence-corrected chi connectivity index (χ1v) is 6.35. The van der Waals surface area contributed by atoms with Gasteiger partial charge in [0.05, 0.1) is 11.7 Å². The van der Waals surface area contributed by atoms with Crippen LogP contribution in [0.5, 0.6) is 0 Å². The predicted octanol–water partition coefficient (Wildman–Crippen LogP) is 2.74. The van der Waals surface area contributed by atoms with Crippen LogP contribution in [0.4, 0.5) is 5.69 Å². The largest absolute Gasteiger partial charge is 0.478 e. The van der Waals surface area contributed by atoms with E-state index in [0.29, 0.717) is 16.7 Å². The van der Waals surface area contributed by atoms with Crippen molar-refractivity contribution in [2.24, 2.45) is 0 Å². The first-order chi connectivity index (χ1) is 8.18. The van der Waals surface area contributed by atoms with Gasteiger partial charge in [-0.2, -0.15) is 0 Å². The Kier molecular flexibility index (Phi) is 4.02. The van der Waals surface area contributed by atoms with Gasteiger partial charge in [-0.15, -0.1) is 0 Å². The zero-order valence-corrected chi connectivity index (χ0v) is 10.9. The van der Waals surface area contributed by atoms with Crippen molar-refractivity contribution in [2.75, 3.05) is 18.5 Å². The first-order valence-electron chi connectivity index (χ1n) is 5.56. The lowest BCUT2D eigenvalue weighted by molar-refractivity contribution is 0.0696. The molecule has 1 fully saturated rings. The van der Waals surface area contributed by atoms with E-state index in [1.54, 1.807) is 12.1 Å². The number of rotatable bonds is 4. The Bertz CT molecular complexity index is 416. The molecular formula is C12H14BrNO3. The summed E-state index contributed by atoms with van der Waals surface area (Å²) in [5.41, 5.74) is 0.896. The zero-order chi connectivity index (χ0) is 12.3. The molecule has 1 heterocycles. The molecule has 0 bridgehead atoms. The third kappa shape index (κ3) is 2.98. The van der Waals surface area contributed by atoms with Gasteiger partial charge in [0.1, 0.15) is 0 Å². The molecule has 1 aliphatic rings. The number of anilines is 1. The highest BCUT2D eigenvalue weighted by molar-refractivity contribution is 9.10. The molecule has 4 nitrogen and oxygen atoms in total. The molecule has 0 spiro atoms. The molecule has 1 aromatic carbocycles. The van der Waals surface area contributed by atoms with Crippen molar-refractivity contribution in [2.45, 2.75) is 18.9 Å². The molecule has 17 heavy (non-hydrogen) atoms. The van der Waals surface area contributed by atoms with E-state index in [9.17, 15) is 4.79 Å². The molecule has 1 atom stereocenters. The fourth-order valence-corrected chi connectivity index (χ4v) is 2.45. The van der Waals surface area contributed by atoms with E-state index in [2.05, 4.69) is 21.2 Å². The summed E-state index contributed by atoms with van der Waals surface area (Å²) in [6.45, 7) is 1.45. The minimum Gasteiger partial charge on any atom is -0.478 e. The Morgan fingerprint density at radius 1 is 1.59 bits per heavy atom. The number of carboxylic acids is 1. The molecule has 1 unspecified atom stereocenters. The Hall–Kier alpha value is -1.07. The van der Waals surface area contributed by atoms with Gasteiger partial charge in [0.15, 0.2) is 0 Å². The lowest BCUT2D eigenvalue weighted by Gasteiger charge is -2.14. The van der Waals surface area contributed by atoms with Crippen LogP contribution in [0.1, 0.15) is 23.2 Å². The average molecular weight is 300 g/mol. The zero-order valence-electron chi connectivity index (χ0n) is 9.28. The highest BCUT2D eigenvalue weighted by Gasteiger charge is 2.18. The number of nitrogens with one attached hydrogen (secondary N) is 1. The van der Waals surface area contributed by atoms with Gasteiger partial charge >= 0.3 is 5.97 Å². The van der Waals surface area contributed by atoms with Gasteiger partial charge in [-0.05, 0) is 40.9 Å². The Labute approximate surface area is 108 Å². The van der Waals surface area contributed by atoms with E-state index in [0.717, 1.165) is 19.4 Å². The Balaban J connectivity index is 2.09. The van der Waals surface area contributed by atoms with Gasteiger partial charge in [0.2, 0.25) is 0 Å². The highest BCUT2D eigenvalue weighted by Crippen LogP contribution is 2.25. The van der Waals surface area contributed by atoms with Crippen molar-refractivity contribution in [1.29, 1.82) is 0 Å². The molecule has 1 aromatic rings. The smallest absolute Gasteiger partial charge is 0.338 e. The summed E-state index contributed by atoms with van der Waals surface area (Å²) in [7, 11) is 0. The lowest BCUT2D eigenvalue weighted by atomic mass is 10.1. The summed E-state index contributed by atoms with van der Waals surface area (Å²) in [6, 6.07) is 5.30. The second-order valence-electron chi connectivity index (χ2n) is 3.98. The van der Waals surface area contributed by atoms with Gasteiger partial charge in [0.25, 0.3) is 0 Å². The van der Waals surface area contributed by atoms with Crippen LogP contribution in [-0.4, -0.2) is 30.3 Å². The summed E-state index contributed by atoms with van der Waals surface area (Å²) >= 11 is 3.25. The van der Waals surface area contributed by atoms with Gasteiger partial charge in [0, 0.05) is 23.3 Å². The fourth-order valence-electron chi connectivity index (χ4n) is 1.92. The molecule has 0 aromatic heterocycles. The van der Waals surface area contributed by atoms with Crippen molar-refractivity contribution in [1.82, 2.24) is 0 Å². The Morgan fingerprint density at radius 3 is 3.06 bits per heavy atom. The minimum atomic E-state index is -0.938. The van der Waals surface area contributed by atoms with Gasteiger partial charge < -0.3 is 15.2 Å². The summed E-state index contributed by atoms with van der Waals surface area (Å²) in [4.78, 5) is 11.1. The van der Waals surface area contributed by atoms with Crippen LogP contribution in [-0.2, 0) is 4.74 Å². The van der Waals surface area contributed by atoms with Crippen molar-refractivity contribution in [3.05, 3.63) is 28.2 Å². The van der Waals surface area contributed by atoms with Crippen molar-refractivity contribution in [3.8, 4) is 0 Å². The normalized spacial score (nSPS) is 19.2. The van der Waals surface area contributed by atoms with Crippen molar-refractivity contribution in [3.63, 3.8) is 0 Å². The molecule has 5 heteroatoms. The number of carbonyl (C=O) groups is 1. The molecular weight excluding hydrogens is 286 g/mol. The number of benzene rings is 1. The monoisotopic (exact) mass is 299 g/mol. The summed E-state index contributed by atoms with van der Waals surface area (Å²) < 4.78 is 6.07. The molecule has 1 saturated heterocycles. The predicted molar refractivity (Wildman–Crippen MR) is 68.6 cm³/mol. The van der Waals surface area contributed by atoms with Crippen LogP contribution in [0.15, 0.2) is 22.7 Å². The van der Waals surface area contributed by atoms with E-state index in [1.165, 1.54) is 0 Å². The van der Waals surface area contributed by atoms with E-state index >= 15 is 0 Å². The Morgan fingerprint density at radius 2 is 2.41 bits per heavy atom. The molecule has 92 valence electrons. The quantitative estimate of drug-likeness (QED) is 0.897. The van der Waals surface area contributed by atoms with Crippen LogP contribution >= 0.6 is 15.9 Å². The molecule has 0 saturated carbocycles. The molecule has 0 radical (unpaired) electrons. The van der Waals surface area contributed by atoms with Crippen molar-refractivity contribution < 1.29 is 14.6 Å². The SMILES string of the molecule is O=C(O)c1c(Br)cccc1NCC1CCCO1. The minimum absolute atomic E-state index is 0.190.